The number of rotatable bonds is 7. The molecule has 0 aliphatic carbocycles. The molecule has 150 valence electrons. The van der Waals surface area contributed by atoms with Gasteiger partial charge in [-0.3, -0.25) is 14.9 Å². The molecule has 0 saturated heterocycles. The van der Waals surface area contributed by atoms with Gasteiger partial charge in [0, 0.05) is 23.4 Å². The topological polar surface area (TPSA) is 70.2 Å². The number of anilines is 1. The van der Waals surface area contributed by atoms with Crippen LogP contribution < -0.4 is 16.0 Å². The van der Waals surface area contributed by atoms with Crippen LogP contribution in [0.25, 0.3) is 0 Å². The van der Waals surface area contributed by atoms with Crippen molar-refractivity contribution >= 4 is 17.5 Å². The fourth-order valence-electron chi connectivity index (χ4n) is 2.91. The number of nitrogens with one attached hydrogen (secondary N) is 3. The Morgan fingerprint density at radius 1 is 1.04 bits per heavy atom. The molecule has 2 aromatic rings. The highest BCUT2D eigenvalue weighted by Gasteiger charge is 2.19. The van der Waals surface area contributed by atoms with Crippen molar-refractivity contribution in [2.45, 2.75) is 39.8 Å². The third kappa shape index (κ3) is 5.60. The first-order chi connectivity index (χ1) is 13.2. The summed E-state index contributed by atoms with van der Waals surface area (Å²) < 4.78 is 26.9. The van der Waals surface area contributed by atoms with E-state index in [9.17, 15) is 18.4 Å². The van der Waals surface area contributed by atoms with Crippen LogP contribution in [0.2, 0.25) is 0 Å². The maximum atomic E-state index is 13.8. The number of aryl methyl sites for hydroxylation is 2. The Labute approximate surface area is 163 Å². The summed E-state index contributed by atoms with van der Waals surface area (Å²) in [5.41, 5.74) is 2.86. The minimum absolute atomic E-state index is 0.183. The molecule has 0 aliphatic heterocycles. The second-order valence-electron chi connectivity index (χ2n) is 6.81. The van der Waals surface area contributed by atoms with Crippen LogP contribution in [0.5, 0.6) is 0 Å². The van der Waals surface area contributed by atoms with Crippen molar-refractivity contribution < 1.29 is 18.4 Å². The lowest BCUT2D eigenvalue weighted by Crippen LogP contribution is -2.45. The Balaban J connectivity index is 1.87. The molecule has 0 heterocycles. The molecule has 7 heteroatoms. The van der Waals surface area contributed by atoms with Crippen LogP contribution >= 0.6 is 0 Å². The summed E-state index contributed by atoms with van der Waals surface area (Å²) in [7, 11) is 0. The third-order valence-electron chi connectivity index (χ3n) is 4.49. The van der Waals surface area contributed by atoms with Gasteiger partial charge in [0.15, 0.2) is 0 Å². The molecule has 0 spiro atoms. The van der Waals surface area contributed by atoms with Crippen LogP contribution in [0.1, 0.15) is 36.6 Å². The van der Waals surface area contributed by atoms with Crippen LogP contribution in [0, 0.1) is 25.5 Å². The maximum Gasteiger partial charge on any atom is 0.243 e. The van der Waals surface area contributed by atoms with E-state index < -0.39 is 29.6 Å². The molecule has 0 aliphatic rings. The van der Waals surface area contributed by atoms with Gasteiger partial charge in [-0.1, -0.05) is 24.3 Å². The van der Waals surface area contributed by atoms with Gasteiger partial charge in [0.25, 0.3) is 0 Å². The zero-order valence-corrected chi connectivity index (χ0v) is 16.4. The zero-order valence-electron chi connectivity index (χ0n) is 16.4. The van der Waals surface area contributed by atoms with Crippen molar-refractivity contribution in [1.29, 1.82) is 0 Å². The van der Waals surface area contributed by atoms with Crippen molar-refractivity contribution in [3.63, 3.8) is 0 Å². The monoisotopic (exact) mass is 389 g/mol. The Bertz CT molecular complexity index is 850. The first kappa shape index (κ1) is 21.5. The average Bonchev–Trinajstić information content (AvgIpc) is 2.62. The maximum absolute atomic E-state index is 13.8. The quantitative estimate of drug-likeness (QED) is 0.680. The molecule has 0 radical (unpaired) electrons. The normalized spacial score (nSPS) is 12.9. The second kappa shape index (κ2) is 9.41. The first-order valence-electron chi connectivity index (χ1n) is 9.03. The van der Waals surface area contributed by atoms with E-state index in [2.05, 4.69) is 16.0 Å². The molecule has 2 aromatic carbocycles. The lowest BCUT2D eigenvalue weighted by Gasteiger charge is -2.20. The van der Waals surface area contributed by atoms with Crippen molar-refractivity contribution in [3.05, 3.63) is 64.7 Å². The summed E-state index contributed by atoms with van der Waals surface area (Å²) in [5.74, 6) is -2.07. The predicted octanol–water partition coefficient (Wildman–Crippen LogP) is 3.38. The van der Waals surface area contributed by atoms with Gasteiger partial charge in [-0.25, -0.2) is 8.78 Å². The Morgan fingerprint density at radius 3 is 2.29 bits per heavy atom. The standard InChI is InChI=1S/C21H25F2N3O2/c1-12-6-5-7-13(2)20(12)26-19(27)11-24-21(28)15(4)25-14(3)17-9-8-16(22)10-18(17)23/h5-10,14-15,25H,11H2,1-4H3,(H,24,28)(H,26,27)/t14-,15+/m1/s1. The molecular weight excluding hydrogens is 364 g/mol. The largest absolute Gasteiger partial charge is 0.346 e. The van der Waals surface area contributed by atoms with E-state index in [1.54, 1.807) is 13.8 Å². The third-order valence-corrected chi connectivity index (χ3v) is 4.49. The first-order valence-corrected chi connectivity index (χ1v) is 9.03. The summed E-state index contributed by atoms with van der Waals surface area (Å²) in [4.78, 5) is 24.4. The molecule has 0 bridgehead atoms. The number of hydrogen-bond acceptors (Lipinski definition) is 3. The van der Waals surface area contributed by atoms with E-state index in [0.29, 0.717) is 0 Å². The summed E-state index contributed by atoms with van der Waals surface area (Å²) in [6.45, 7) is 6.88. The van der Waals surface area contributed by atoms with Gasteiger partial charge in [0.05, 0.1) is 12.6 Å². The molecular formula is C21H25F2N3O2. The number of halogens is 2. The van der Waals surface area contributed by atoms with Gasteiger partial charge >= 0.3 is 0 Å². The number of carbonyl (C=O) groups is 2. The van der Waals surface area contributed by atoms with Crippen LogP contribution in [-0.2, 0) is 9.59 Å². The van der Waals surface area contributed by atoms with Crippen LogP contribution in [0.4, 0.5) is 14.5 Å². The molecule has 2 atom stereocenters. The van der Waals surface area contributed by atoms with Crippen LogP contribution in [0.3, 0.4) is 0 Å². The fourth-order valence-corrected chi connectivity index (χ4v) is 2.91. The van der Waals surface area contributed by atoms with E-state index in [4.69, 9.17) is 0 Å². The highest BCUT2D eigenvalue weighted by atomic mass is 19.1. The van der Waals surface area contributed by atoms with Gasteiger partial charge in [-0.15, -0.1) is 0 Å². The van der Waals surface area contributed by atoms with Crippen LogP contribution in [0.15, 0.2) is 36.4 Å². The lowest BCUT2D eigenvalue weighted by molar-refractivity contribution is -0.125. The Kier molecular flexibility index (Phi) is 7.23. The summed E-state index contributed by atoms with van der Waals surface area (Å²) in [5, 5.41) is 8.29. The number of benzene rings is 2. The second-order valence-corrected chi connectivity index (χ2v) is 6.81. The number of amides is 2. The van der Waals surface area contributed by atoms with Crippen LogP contribution in [-0.4, -0.2) is 24.4 Å². The predicted molar refractivity (Wildman–Crippen MR) is 105 cm³/mol. The van der Waals surface area contributed by atoms with Crippen molar-refractivity contribution in [2.24, 2.45) is 0 Å². The summed E-state index contributed by atoms with van der Waals surface area (Å²) in [6.07, 6.45) is 0. The molecule has 28 heavy (non-hydrogen) atoms. The number of carbonyl (C=O) groups excluding carboxylic acids is 2. The molecule has 2 amide bonds. The zero-order chi connectivity index (χ0) is 20.8. The lowest BCUT2D eigenvalue weighted by atomic mass is 10.1. The Hall–Kier alpha value is -2.80. The fraction of sp³-hybridized carbons (Fsp3) is 0.333. The SMILES string of the molecule is Cc1cccc(C)c1NC(=O)CNC(=O)[C@H](C)N[C@H](C)c1ccc(F)cc1F. The van der Waals surface area contributed by atoms with E-state index in [1.165, 1.54) is 12.1 Å². The van der Waals surface area contributed by atoms with Gasteiger partial charge in [-0.05, 0) is 44.9 Å². The van der Waals surface area contributed by atoms with Gasteiger partial charge in [0.1, 0.15) is 11.6 Å². The molecule has 0 fully saturated rings. The average molecular weight is 389 g/mol. The highest BCUT2D eigenvalue weighted by molar-refractivity contribution is 5.96. The van der Waals surface area contributed by atoms with Crippen molar-refractivity contribution in [2.75, 3.05) is 11.9 Å². The van der Waals surface area contributed by atoms with Gasteiger partial charge in [-0.2, -0.15) is 0 Å². The minimum Gasteiger partial charge on any atom is -0.346 e. The van der Waals surface area contributed by atoms with Gasteiger partial charge < -0.3 is 10.6 Å². The summed E-state index contributed by atoms with van der Waals surface area (Å²) in [6, 6.07) is 7.81. The Morgan fingerprint density at radius 2 is 1.68 bits per heavy atom. The molecule has 5 nitrogen and oxygen atoms in total. The molecule has 0 aromatic heterocycles. The van der Waals surface area contributed by atoms with E-state index >= 15 is 0 Å². The number of para-hydroxylation sites is 1. The van der Waals surface area contributed by atoms with Gasteiger partial charge in [0.2, 0.25) is 11.8 Å². The minimum atomic E-state index is -0.680. The van der Waals surface area contributed by atoms with Crippen molar-refractivity contribution in [3.8, 4) is 0 Å². The van der Waals surface area contributed by atoms with E-state index in [0.717, 1.165) is 22.9 Å². The molecule has 0 unspecified atom stereocenters. The molecule has 0 saturated carbocycles. The van der Waals surface area contributed by atoms with E-state index in [-0.39, 0.29) is 18.0 Å². The smallest absolute Gasteiger partial charge is 0.243 e. The van der Waals surface area contributed by atoms with Crippen molar-refractivity contribution in [1.82, 2.24) is 10.6 Å². The highest BCUT2D eigenvalue weighted by Crippen LogP contribution is 2.19. The van der Waals surface area contributed by atoms with E-state index in [1.807, 2.05) is 32.0 Å². The molecule has 2 rings (SSSR count). The molecule has 3 N–H and O–H groups in total. The summed E-state index contributed by atoms with van der Waals surface area (Å²) >= 11 is 0. The number of hydrogen-bond donors (Lipinski definition) is 3.